The van der Waals surface area contributed by atoms with Gasteiger partial charge in [0.25, 0.3) is 0 Å². The van der Waals surface area contributed by atoms with Crippen molar-refractivity contribution >= 4 is 13.5 Å². The molecule has 0 unspecified atom stereocenters. The summed E-state index contributed by atoms with van der Waals surface area (Å²) in [6, 6.07) is 8.10. The van der Waals surface area contributed by atoms with Gasteiger partial charge in [0.05, 0.1) is 6.04 Å². The third-order valence-electron chi connectivity index (χ3n) is 3.05. The zero-order valence-corrected chi connectivity index (χ0v) is 13.2. The summed E-state index contributed by atoms with van der Waals surface area (Å²) in [6.45, 7) is 3.86. The molecule has 0 saturated heterocycles. The summed E-state index contributed by atoms with van der Waals surface area (Å²) in [5.74, 6) is -1.56. The Kier molecular flexibility index (Phi) is 6.55. The van der Waals surface area contributed by atoms with E-state index in [4.69, 9.17) is 5.73 Å². The van der Waals surface area contributed by atoms with Gasteiger partial charge in [-0.05, 0) is 17.9 Å². The minimum absolute atomic E-state index is 0.0608. The van der Waals surface area contributed by atoms with Gasteiger partial charge < -0.3 is 20.8 Å². The predicted molar refractivity (Wildman–Crippen MR) is 81.6 cm³/mol. The van der Waals surface area contributed by atoms with E-state index in [1.54, 1.807) is 24.3 Å². The summed E-state index contributed by atoms with van der Waals surface area (Å²) < 4.78 is 11.6. The average molecular weight is 314 g/mol. The monoisotopic (exact) mass is 314 g/mol. The zero-order chi connectivity index (χ0) is 16.0. The van der Waals surface area contributed by atoms with Crippen LogP contribution in [0.5, 0.6) is 0 Å². The van der Waals surface area contributed by atoms with Gasteiger partial charge in [-0.25, -0.2) is 0 Å². The normalized spacial score (nSPS) is 14.8. The quantitative estimate of drug-likeness (QED) is 0.565. The molecule has 118 valence electrons. The van der Waals surface area contributed by atoms with Crippen molar-refractivity contribution in [2.45, 2.75) is 38.5 Å². The van der Waals surface area contributed by atoms with Gasteiger partial charge in [0.1, 0.15) is 5.78 Å². The minimum atomic E-state index is -4.46. The number of benzene rings is 1. The number of carbonyl (C=O) groups is 1. The third-order valence-corrected chi connectivity index (χ3v) is 4.17. The molecule has 1 rings (SSSR count). The number of carbonyl (C=O) groups excluding carboxylic acids is 1. The average Bonchev–Trinajstić information content (AvgIpc) is 2.37. The van der Waals surface area contributed by atoms with Crippen LogP contribution in [0, 0.1) is 5.92 Å². The van der Waals surface area contributed by atoms with Crippen LogP contribution < -0.4 is 11.1 Å². The van der Waals surface area contributed by atoms with Crippen LogP contribution in [0.1, 0.15) is 25.8 Å². The van der Waals surface area contributed by atoms with Gasteiger partial charge in [-0.2, -0.15) is 0 Å². The topological polar surface area (TPSA) is 113 Å². The van der Waals surface area contributed by atoms with Crippen LogP contribution >= 0.6 is 7.60 Å². The van der Waals surface area contributed by atoms with Gasteiger partial charge in [0.2, 0.25) is 5.91 Å². The summed E-state index contributed by atoms with van der Waals surface area (Å²) in [6.07, 6.45) is 0.524. The van der Waals surface area contributed by atoms with Crippen molar-refractivity contribution in [3.8, 4) is 0 Å². The first-order valence-electron chi connectivity index (χ1n) is 6.85. The molecule has 0 aliphatic heterocycles. The summed E-state index contributed by atoms with van der Waals surface area (Å²) in [4.78, 5) is 30.8. The summed E-state index contributed by atoms with van der Waals surface area (Å²) in [7, 11) is -4.46. The first-order chi connectivity index (χ1) is 9.70. The molecule has 1 aromatic rings. The molecule has 0 saturated carbocycles. The lowest BCUT2D eigenvalue weighted by atomic mass is 10.0. The molecule has 0 aliphatic rings. The molecule has 0 radical (unpaired) electrons. The van der Waals surface area contributed by atoms with Crippen molar-refractivity contribution in [1.82, 2.24) is 5.32 Å². The van der Waals surface area contributed by atoms with Gasteiger partial charge in [-0.1, -0.05) is 44.2 Å². The van der Waals surface area contributed by atoms with Crippen LogP contribution in [0.15, 0.2) is 30.3 Å². The van der Waals surface area contributed by atoms with E-state index in [0.717, 1.165) is 5.56 Å². The molecule has 7 heteroatoms. The molecule has 1 aromatic carbocycles. The van der Waals surface area contributed by atoms with Crippen LogP contribution in [-0.2, 0) is 15.8 Å². The Labute approximate surface area is 124 Å². The highest BCUT2D eigenvalue weighted by molar-refractivity contribution is 7.52. The second-order valence-corrected chi connectivity index (χ2v) is 7.34. The molecule has 1 amide bonds. The Balaban J connectivity index is 2.76. The third kappa shape index (κ3) is 6.40. The summed E-state index contributed by atoms with van der Waals surface area (Å²) >= 11 is 0. The zero-order valence-electron chi connectivity index (χ0n) is 12.3. The predicted octanol–water partition coefficient (Wildman–Crippen LogP) is 1.22. The van der Waals surface area contributed by atoms with Gasteiger partial charge in [-0.3, -0.25) is 9.36 Å². The van der Waals surface area contributed by atoms with E-state index in [2.05, 4.69) is 5.32 Å². The fourth-order valence-electron chi connectivity index (χ4n) is 1.98. The molecule has 0 aliphatic carbocycles. The Morgan fingerprint density at radius 2 is 1.86 bits per heavy atom. The molecule has 0 fully saturated rings. The first-order valence-corrected chi connectivity index (χ1v) is 8.53. The van der Waals surface area contributed by atoms with Gasteiger partial charge in [0, 0.05) is 6.42 Å². The molecule has 5 N–H and O–H groups in total. The molecule has 0 aromatic heterocycles. The van der Waals surface area contributed by atoms with Crippen molar-refractivity contribution in [2.75, 3.05) is 0 Å². The SMILES string of the molecule is CC(C)C[C@H](N)C(=O)N[C@@H](Cc1ccccc1)P(=O)(O)O. The highest BCUT2D eigenvalue weighted by Crippen LogP contribution is 2.41. The van der Waals surface area contributed by atoms with Crippen LogP contribution in [0.2, 0.25) is 0 Å². The maximum atomic E-state index is 11.9. The lowest BCUT2D eigenvalue weighted by Gasteiger charge is -2.22. The minimum Gasteiger partial charge on any atom is -0.340 e. The van der Waals surface area contributed by atoms with Crippen molar-refractivity contribution in [3.63, 3.8) is 0 Å². The van der Waals surface area contributed by atoms with E-state index in [9.17, 15) is 19.1 Å². The maximum Gasteiger partial charge on any atom is 0.347 e. The lowest BCUT2D eigenvalue weighted by Crippen LogP contribution is -2.46. The van der Waals surface area contributed by atoms with E-state index in [1.807, 2.05) is 19.9 Å². The smallest absolute Gasteiger partial charge is 0.340 e. The Morgan fingerprint density at radius 3 is 2.33 bits per heavy atom. The Morgan fingerprint density at radius 1 is 1.29 bits per heavy atom. The number of rotatable bonds is 7. The molecule has 21 heavy (non-hydrogen) atoms. The summed E-state index contributed by atoms with van der Waals surface area (Å²) in [5.41, 5.74) is 6.48. The van der Waals surface area contributed by atoms with Crippen LogP contribution in [-0.4, -0.2) is 27.5 Å². The summed E-state index contributed by atoms with van der Waals surface area (Å²) in [5, 5.41) is 2.38. The number of amides is 1. The molecule has 6 nitrogen and oxygen atoms in total. The van der Waals surface area contributed by atoms with Crippen molar-refractivity contribution in [1.29, 1.82) is 0 Å². The van der Waals surface area contributed by atoms with Gasteiger partial charge in [0.15, 0.2) is 0 Å². The number of nitrogens with one attached hydrogen (secondary N) is 1. The number of nitrogens with two attached hydrogens (primary N) is 1. The van der Waals surface area contributed by atoms with Crippen LogP contribution in [0.4, 0.5) is 0 Å². The van der Waals surface area contributed by atoms with Crippen molar-refractivity contribution in [3.05, 3.63) is 35.9 Å². The fraction of sp³-hybridized carbons (Fsp3) is 0.500. The van der Waals surface area contributed by atoms with E-state index >= 15 is 0 Å². The molecule has 0 heterocycles. The Hall–Kier alpha value is -1.20. The van der Waals surface area contributed by atoms with Crippen molar-refractivity contribution in [2.24, 2.45) is 11.7 Å². The molecular formula is C14H23N2O4P. The molecule has 0 bridgehead atoms. The molecule has 2 atom stereocenters. The van der Waals surface area contributed by atoms with E-state index in [-0.39, 0.29) is 12.3 Å². The fourth-order valence-corrected chi connectivity index (χ4v) is 2.72. The highest BCUT2D eigenvalue weighted by atomic mass is 31.2. The standard InChI is InChI=1S/C14H23N2O4P/c1-10(2)8-12(15)14(17)16-13(21(18,19)20)9-11-6-4-3-5-7-11/h3-7,10,12-13H,8-9,15H2,1-2H3,(H,16,17)(H2,18,19,20)/t12-,13+/m0/s1. The van der Waals surface area contributed by atoms with E-state index in [1.165, 1.54) is 0 Å². The van der Waals surface area contributed by atoms with Crippen LogP contribution in [0.25, 0.3) is 0 Å². The Bertz CT molecular complexity index is 501. The largest absolute Gasteiger partial charge is 0.347 e. The lowest BCUT2D eigenvalue weighted by molar-refractivity contribution is -0.123. The number of hydrogen-bond donors (Lipinski definition) is 4. The van der Waals surface area contributed by atoms with E-state index in [0.29, 0.717) is 6.42 Å². The maximum absolute atomic E-state index is 11.9. The highest BCUT2D eigenvalue weighted by Gasteiger charge is 2.31. The molecular weight excluding hydrogens is 291 g/mol. The number of hydrogen-bond acceptors (Lipinski definition) is 3. The van der Waals surface area contributed by atoms with Gasteiger partial charge in [-0.15, -0.1) is 0 Å². The van der Waals surface area contributed by atoms with Crippen molar-refractivity contribution < 1.29 is 19.1 Å². The van der Waals surface area contributed by atoms with E-state index < -0.39 is 25.3 Å². The first kappa shape index (κ1) is 17.9. The second kappa shape index (κ2) is 7.71. The van der Waals surface area contributed by atoms with Crippen LogP contribution in [0.3, 0.4) is 0 Å². The second-order valence-electron chi connectivity index (χ2n) is 5.54. The van der Waals surface area contributed by atoms with Gasteiger partial charge >= 0.3 is 7.60 Å². The molecule has 0 spiro atoms.